The number of allylic oxidation sites excluding steroid dienone is 4. The molecule has 0 heteroatoms. The summed E-state index contributed by atoms with van der Waals surface area (Å²) in [5.41, 5.74) is 16.7. The van der Waals surface area contributed by atoms with Crippen molar-refractivity contribution in [2.75, 3.05) is 0 Å². The van der Waals surface area contributed by atoms with Gasteiger partial charge < -0.3 is 0 Å². The second-order valence-electron chi connectivity index (χ2n) is 16.0. The van der Waals surface area contributed by atoms with Crippen LogP contribution in [0.3, 0.4) is 0 Å². The summed E-state index contributed by atoms with van der Waals surface area (Å²) in [6.07, 6.45) is 11.3. The van der Waals surface area contributed by atoms with Gasteiger partial charge in [-0.05, 0) is 142 Å². The van der Waals surface area contributed by atoms with Gasteiger partial charge in [-0.1, -0.05) is 208 Å². The average molecular weight is 767 g/mol. The maximum absolute atomic E-state index is 4.65. The summed E-state index contributed by atoms with van der Waals surface area (Å²) in [5, 5.41) is 7.73. The van der Waals surface area contributed by atoms with Crippen molar-refractivity contribution in [1.82, 2.24) is 0 Å². The fourth-order valence-electron chi connectivity index (χ4n) is 10.0. The molecule has 0 heterocycles. The van der Waals surface area contributed by atoms with Gasteiger partial charge in [0.1, 0.15) is 0 Å². The molecule has 0 bridgehead atoms. The Bertz CT molecular complexity index is 3130. The summed E-state index contributed by atoms with van der Waals surface area (Å²) in [6, 6.07) is 65.4. The number of hydrogen-bond acceptors (Lipinski definition) is 0. The summed E-state index contributed by atoms with van der Waals surface area (Å²) in [7, 11) is 0. The van der Waals surface area contributed by atoms with Crippen molar-refractivity contribution in [3.8, 4) is 22.3 Å². The molecule has 10 rings (SSSR count). The van der Waals surface area contributed by atoms with Crippen LogP contribution >= 0.6 is 0 Å². The first-order valence-electron chi connectivity index (χ1n) is 21.0. The van der Waals surface area contributed by atoms with E-state index in [0.29, 0.717) is 0 Å². The molecule has 0 N–H and O–H groups in total. The van der Waals surface area contributed by atoms with E-state index in [9.17, 15) is 0 Å². The first-order chi connectivity index (χ1) is 29.5. The lowest BCUT2D eigenvalue weighted by molar-refractivity contribution is 0.768. The van der Waals surface area contributed by atoms with Crippen molar-refractivity contribution in [3.63, 3.8) is 0 Å². The van der Waals surface area contributed by atoms with E-state index in [2.05, 4.69) is 221 Å². The molecule has 0 unspecified atom stereocenters. The van der Waals surface area contributed by atoms with Crippen molar-refractivity contribution in [2.45, 2.75) is 25.7 Å². The van der Waals surface area contributed by atoms with Crippen LogP contribution in [-0.4, -0.2) is 0 Å². The van der Waals surface area contributed by atoms with E-state index >= 15 is 0 Å². The summed E-state index contributed by atoms with van der Waals surface area (Å²) in [4.78, 5) is 0. The Morgan fingerprint density at radius 2 is 1.08 bits per heavy atom. The van der Waals surface area contributed by atoms with Gasteiger partial charge in [-0.15, -0.1) is 0 Å². The van der Waals surface area contributed by atoms with Crippen LogP contribution in [-0.2, 0) is 11.8 Å². The zero-order chi connectivity index (χ0) is 40.8. The maximum Gasteiger partial charge on any atom is 0.0713 e. The zero-order valence-corrected chi connectivity index (χ0v) is 34.3. The molecule has 60 heavy (non-hydrogen) atoms. The minimum atomic E-state index is -0.522. The number of hydrogen-bond donors (Lipinski definition) is 0. The van der Waals surface area contributed by atoms with E-state index < -0.39 is 5.41 Å². The van der Waals surface area contributed by atoms with E-state index in [1.807, 2.05) is 12.2 Å². The minimum Gasteiger partial charge on any atom is -0.0991 e. The molecule has 0 nitrogen and oxygen atoms in total. The Labute approximate surface area is 353 Å². The van der Waals surface area contributed by atoms with Crippen molar-refractivity contribution in [3.05, 3.63) is 257 Å². The molecule has 0 amide bonds. The van der Waals surface area contributed by atoms with Gasteiger partial charge in [0.2, 0.25) is 0 Å². The first kappa shape index (κ1) is 37.0. The van der Waals surface area contributed by atoms with Gasteiger partial charge in [-0.3, -0.25) is 0 Å². The molecule has 1 aliphatic carbocycles. The minimum absolute atomic E-state index is 0.522. The Morgan fingerprint density at radius 3 is 1.72 bits per heavy atom. The van der Waals surface area contributed by atoms with Crippen LogP contribution in [0.4, 0.5) is 0 Å². The number of benzene rings is 9. The standard InChI is InChI=1S/C60H46/c1-5-7-18-42-29-30-43(49(6-2)41(42)4)28-27-40(3)44-31-35-55-57-38-46(45-32-34-54-52-25-15-14-23-50(52)51-24-16-17-26-53(51)56(54)37-45)33-36-58(57)60(59(55)39-44,47-19-10-8-11-20-47)48-21-12-9-13-22-48/h5,7-39H,1,3,6H2,2,4H3/b18-7-,28-27-. The molecular formula is C60H46. The van der Waals surface area contributed by atoms with E-state index in [1.54, 1.807) is 0 Å². The van der Waals surface area contributed by atoms with E-state index in [4.69, 9.17) is 0 Å². The molecule has 286 valence electrons. The molecule has 0 saturated heterocycles. The van der Waals surface area contributed by atoms with Gasteiger partial charge in [-0.25, -0.2) is 0 Å². The first-order valence-corrected chi connectivity index (χ1v) is 21.0. The molecule has 0 saturated carbocycles. The van der Waals surface area contributed by atoms with Crippen LogP contribution in [0.15, 0.2) is 207 Å². The van der Waals surface area contributed by atoms with Crippen LogP contribution in [0, 0.1) is 6.92 Å². The molecule has 0 aromatic heterocycles. The molecule has 9 aromatic rings. The number of fused-ring (bicyclic) bond motifs is 9. The molecule has 0 aliphatic heterocycles. The van der Waals surface area contributed by atoms with Gasteiger partial charge in [0.05, 0.1) is 5.41 Å². The second kappa shape index (κ2) is 15.1. The van der Waals surface area contributed by atoms with Crippen molar-refractivity contribution < 1.29 is 0 Å². The molecule has 0 fully saturated rings. The summed E-state index contributed by atoms with van der Waals surface area (Å²) in [5.74, 6) is 0. The number of rotatable bonds is 9. The van der Waals surface area contributed by atoms with Gasteiger partial charge >= 0.3 is 0 Å². The van der Waals surface area contributed by atoms with Gasteiger partial charge in [0.25, 0.3) is 0 Å². The van der Waals surface area contributed by atoms with Crippen LogP contribution in [0.2, 0.25) is 0 Å². The lowest BCUT2D eigenvalue weighted by Crippen LogP contribution is -2.28. The Balaban J connectivity index is 1.14. The maximum atomic E-state index is 4.65. The van der Waals surface area contributed by atoms with E-state index in [1.165, 1.54) is 99.1 Å². The van der Waals surface area contributed by atoms with E-state index in [0.717, 1.165) is 17.6 Å². The normalized spacial score (nSPS) is 13.0. The summed E-state index contributed by atoms with van der Waals surface area (Å²) >= 11 is 0. The quantitative estimate of drug-likeness (QED) is 0.101. The molecule has 0 radical (unpaired) electrons. The highest BCUT2D eigenvalue weighted by atomic mass is 14.5. The van der Waals surface area contributed by atoms with Crippen LogP contribution in [0.25, 0.3) is 72.3 Å². The summed E-state index contributed by atoms with van der Waals surface area (Å²) in [6.45, 7) is 13.0. The highest BCUT2D eigenvalue weighted by Gasteiger charge is 2.46. The SMILES string of the molecule is C=C/C=C\c1ccc(/C=C\C(=C)c2ccc3c(c2)C(c2ccccc2)(c2ccccc2)c2ccc(-c4ccc5c6ccccc6c6ccccc6c5c4)cc2-3)c(CC)c1C. The topological polar surface area (TPSA) is 0 Å². The monoisotopic (exact) mass is 766 g/mol. The Kier molecular flexibility index (Phi) is 9.35. The predicted octanol–water partition coefficient (Wildman–Crippen LogP) is 16.0. The highest BCUT2D eigenvalue weighted by Crippen LogP contribution is 2.57. The lowest BCUT2D eigenvalue weighted by Gasteiger charge is -2.34. The van der Waals surface area contributed by atoms with Crippen molar-refractivity contribution in [1.29, 1.82) is 0 Å². The molecular weight excluding hydrogens is 721 g/mol. The van der Waals surface area contributed by atoms with Crippen molar-refractivity contribution >= 4 is 50.0 Å². The smallest absolute Gasteiger partial charge is 0.0713 e. The largest absolute Gasteiger partial charge is 0.0991 e. The van der Waals surface area contributed by atoms with Crippen LogP contribution in [0.5, 0.6) is 0 Å². The Morgan fingerprint density at radius 1 is 0.517 bits per heavy atom. The molecule has 0 atom stereocenters. The van der Waals surface area contributed by atoms with Gasteiger partial charge in [-0.2, -0.15) is 0 Å². The third kappa shape index (κ3) is 5.90. The van der Waals surface area contributed by atoms with Crippen LogP contribution < -0.4 is 0 Å². The summed E-state index contributed by atoms with van der Waals surface area (Å²) < 4.78 is 0. The molecule has 9 aromatic carbocycles. The van der Waals surface area contributed by atoms with Crippen LogP contribution in [0.1, 0.15) is 57.0 Å². The third-order valence-electron chi connectivity index (χ3n) is 12.9. The van der Waals surface area contributed by atoms with Gasteiger partial charge in [0, 0.05) is 0 Å². The fourth-order valence-corrected chi connectivity index (χ4v) is 10.0. The Hall–Kier alpha value is -7.28. The fraction of sp³-hybridized carbons (Fsp3) is 0.0667. The van der Waals surface area contributed by atoms with Crippen molar-refractivity contribution in [2.24, 2.45) is 0 Å². The third-order valence-corrected chi connectivity index (χ3v) is 12.9. The average Bonchev–Trinajstić information content (AvgIpc) is 3.60. The zero-order valence-electron chi connectivity index (χ0n) is 34.3. The molecule has 0 spiro atoms. The van der Waals surface area contributed by atoms with E-state index in [-0.39, 0.29) is 0 Å². The highest BCUT2D eigenvalue weighted by molar-refractivity contribution is 6.25. The molecule has 1 aliphatic rings. The lowest BCUT2D eigenvalue weighted by atomic mass is 9.67. The van der Waals surface area contributed by atoms with Gasteiger partial charge in [0.15, 0.2) is 0 Å². The second-order valence-corrected chi connectivity index (χ2v) is 16.0. The predicted molar refractivity (Wildman–Crippen MR) is 260 cm³/mol.